The van der Waals surface area contributed by atoms with Crippen LogP contribution in [0.3, 0.4) is 0 Å². The zero-order valence-corrected chi connectivity index (χ0v) is 8.38. The molecule has 0 aromatic heterocycles. The smallest absolute Gasteiger partial charge is 0.130 e. The average Bonchev–Trinajstić information content (AvgIpc) is 2.48. The van der Waals surface area contributed by atoms with Gasteiger partial charge in [-0.25, -0.2) is 0 Å². The SMILES string of the molecule is CC(=O)C[C@@H]1CCC(NCCN)C1. The summed E-state index contributed by atoms with van der Waals surface area (Å²) in [6.45, 7) is 3.28. The fourth-order valence-corrected chi connectivity index (χ4v) is 2.14. The molecule has 13 heavy (non-hydrogen) atoms. The highest BCUT2D eigenvalue weighted by Gasteiger charge is 2.24. The van der Waals surface area contributed by atoms with Crippen LogP contribution in [0, 0.1) is 5.92 Å². The lowest BCUT2D eigenvalue weighted by molar-refractivity contribution is -0.117. The number of nitrogens with two attached hydrogens (primary N) is 1. The van der Waals surface area contributed by atoms with Gasteiger partial charge in [0.15, 0.2) is 0 Å². The molecule has 1 fully saturated rings. The quantitative estimate of drug-likeness (QED) is 0.660. The summed E-state index contributed by atoms with van der Waals surface area (Å²) in [7, 11) is 0. The van der Waals surface area contributed by atoms with E-state index in [0.29, 0.717) is 24.3 Å². The van der Waals surface area contributed by atoms with Gasteiger partial charge in [-0.3, -0.25) is 0 Å². The van der Waals surface area contributed by atoms with E-state index in [4.69, 9.17) is 5.73 Å². The Morgan fingerprint density at radius 2 is 2.31 bits per heavy atom. The summed E-state index contributed by atoms with van der Waals surface area (Å²) in [5, 5.41) is 3.40. The Labute approximate surface area is 80.1 Å². The summed E-state index contributed by atoms with van der Waals surface area (Å²) in [6, 6.07) is 0.605. The Morgan fingerprint density at radius 1 is 1.54 bits per heavy atom. The van der Waals surface area contributed by atoms with Crippen molar-refractivity contribution in [2.75, 3.05) is 13.1 Å². The van der Waals surface area contributed by atoms with Crippen LogP contribution in [-0.4, -0.2) is 24.9 Å². The first kappa shape index (κ1) is 10.7. The minimum absolute atomic E-state index is 0.324. The van der Waals surface area contributed by atoms with Gasteiger partial charge in [0.1, 0.15) is 5.78 Å². The normalized spacial score (nSPS) is 27.8. The maximum atomic E-state index is 10.9. The molecule has 1 aliphatic carbocycles. The van der Waals surface area contributed by atoms with Gasteiger partial charge in [0.2, 0.25) is 0 Å². The van der Waals surface area contributed by atoms with Crippen LogP contribution in [-0.2, 0) is 4.79 Å². The molecule has 3 N–H and O–H groups in total. The van der Waals surface area contributed by atoms with E-state index in [1.807, 2.05) is 0 Å². The predicted molar refractivity (Wildman–Crippen MR) is 53.5 cm³/mol. The van der Waals surface area contributed by atoms with Crippen molar-refractivity contribution < 1.29 is 4.79 Å². The lowest BCUT2D eigenvalue weighted by atomic mass is 10.0. The van der Waals surface area contributed by atoms with Gasteiger partial charge in [0, 0.05) is 25.6 Å². The fourth-order valence-electron chi connectivity index (χ4n) is 2.14. The van der Waals surface area contributed by atoms with E-state index < -0.39 is 0 Å². The van der Waals surface area contributed by atoms with Crippen LogP contribution in [0.2, 0.25) is 0 Å². The van der Waals surface area contributed by atoms with Crippen LogP contribution in [0.5, 0.6) is 0 Å². The molecule has 2 atom stereocenters. The number of hydrogen-bond donors (Lipinski definition) is 2. The number of carbonyl (C=O) groups is 1. The summed E-state index contributed by atoms with van der Waals surface area (Å²) in [4.78, 5) is 10.9. The van der Waals surface area contributed by atoms with Gasteiger partial charge >= 0.3 is 0 Å². The van der Waals surface area contributed by atoms with Crippen LogP contribution in [0.4, 0.5) is 0 Å². The Balaban J connectivity index is 2.16. The van der Waals surface area contributed by atoms with Gasteiger partial charge < -0.3 is 15.8 Å². The second kappa shape index (κ2) is 5.35. The third-order valence-electron chi connectivity index (χ3n) is 2.69. The van der Waals surface area contributed by atoms with Crippen LogP contribution < -0.4 is 11.1 Å². The van der Waals surface area contributed by atoms with E-state index in [9.17, 15) is 4.79 Å². The van der Waals surface area contributed by atoms with Crippen molar-refractivity contribution >= 4 is 5.78 Å². The highest BCUT2D eigenvalue weighted by molar-refractivity contribution is 5.75. The van der Waals surface area contributed by atoms with Crippen molar-refractivity contribution in [3.63, 3.8) is 0 Å². The van der Waals surface area contributed by atoms with Crippen molar-refractivity contribution in [1.82, 2.24) is 5.32 Å². The van der Waals surface area contributed by atoms with Crippen molar-refractivity contribution in [2.24, 2.45) is 11.7 Å². The summed E-state index contributed by atoms with van der Waals surface area (Å²) in [5.41, 5.74) is 5.41. The molecule has 0 aromatic carbocycles. The Kier molecular flexibility index (Phi) is 4.39. The molecule has 0 aromatic rings. The average molecular weight is 184 g/mol. The van der Waals surface area contributed by atoms with Crippen molar-refractivity contribution in [1.29, 1.82) is 0 Å². The van der Waals surface area contributed by atoms with Gasteiger partial charge in [0.25, 0.3) is 0 Å². The van der Waals surface area contributed by atoms with Crippen LogP contribution in [0.15, 0.2) is 0 Å². The number of carbonyl (C=O) groups excluding carboxylic acids is 1. The Bertz CT molecular complexity index is 170. The third-order valence-corrected chi connectivity index (χ3v) is 2.69. The van der Waals surface area contributed by atoms with Gasteiger partial charge in [-0.05, 0) is 32.1 Å². The fraction of sp³-hybridized carbons (Fsp3) is 0.900. The third kappa shape index (κ3) is 3.87. The van der Waals surface area contributed by atoms with Crippen molar-refractivity contribution in [3.05, 3.63) is 0 Å². The molecule has 1 aliphatic rings. The van der Waals surface area contributed by atoms with Crippen molar-refractivity contribution in [3.8, 4) is 0 Å². The summed E-state index contributed by atoms with van der Waals surface area (Å²) in [6.07, 6.45) is 4.32. The van der Waals surface area contributed by atoms with E-state index in [1.54, 1.807) is 6.92 Å². The molecule has 1 unspecified atom stereocenters. The van der Waals surface area contributed by atoms with Crippen LogP contribution in [0.25, 0.3) is 0 Å². The maximum Gasteiger partial charge on any atom is 0.130 e. The second-order valence-corrected chi connectivity index (χ2v) is 4.02. The lowest BCUT2D eigenvalue weighted by Gasteiger charge is -2.11. The molecule has 0 bridgehead atoms. The minimum atomic E-state index is 0.324. The molecule has 1 rings (SSSR count). The molecule has 0 heterocycles. The zero-order valence-electron chi connectivity index (χ0n) is 8.38. The minimum Gasteiger partial charge on any atom is -0.329 e. The molecular formula is C10H20N2O. The Morgan fingerprint density at radius 3 is 2.92 bits per heavy atom. The monoisotopic (exact) mass is 184 g/mol. The number of nitrogens with one attached hydrogen (secondary N) is 1. The number of rotatable bonds is 5. The van der Waals surface area contributed by atoms with Crippen LogP contribution in [0.1, 0.15) is 32.6 Å². The largest absolute Gasteiger partial charge is 0.329 e. The van der Waals surface area contributed by atoms with E-state index in [1.165, 1.54) is 12.8 Å². The van der Waals surface area contributed by atoms with E-state index in [0.717, 1.165) is 19.4 Å². The molecule has 0 aliphatic heterocycles. The molecule has 0 radical (unpaired) electrons. The molecule has 76 valence electrons. The molecular weight excluding hydrogens is 164 g/mol. The molecule has 0 amide bonds. The van der Waals surface area contributed by atoms with Crippen molar-refractivity contribution in [2.45, 2.75) is 38.6 Å². The van der Waals surface area contributed by atoms with E-state index in [-0.39, 0.29) is 0 Å². The first-order valence-electron chi connectivity index (χ1n) is 5.15. The van der Waals surface area contributed by atoms with Gasteiger partial charge in [0.05, 0.1) is 0 Å². The topological polar surface area (TPSA) is 55.1 Å². The molecule has 3 nitrogen and oxygen atoms in total. The van der Waals surface area contributed by atoms with Gasteiger partial charge in [-0.1, -0.05) is 0 Å². The molecule has 3 heteroatoms. The number of ketones is 1. The highest BCUT2D eigenvalue weighted by Crippen LogP contribution is 2.28. The molecule has 0 spiro atoms. The second-order valence-electron chi connectivity index (χ2n) is 4.02. The molecule has 1 saturated carbocycles. The summed E-state index contributed by atoms with van der Waals surface area (Å²) < 4.78 is 0. The summed E-state index contributed by atoms with van der Waals surface area (Å²) >= 11 is 0. The van der Waals surface area contributed by atoms with E-state index >= 15 is 0 Å². The molecule has 0 saturated heterocycles. The predicted octanol–water partition coefficient (Wildman–Crippen LogP) is 0.683. The number of hydrogen-bond acceptors (Lipinski definition) is 3. The standard InChI is InChI=1S/C10H20N2O/c1-8(13)6-9-2-3-10(7-9)12-5-4-11/h9-10,12H,2-7,11H2,1H3/t9-,10?/m0/s1. The zero-order chi connectivity index (χ0) is 9.68. The summed E-state index contributed by atoms with van der Waals surface area (Å²) in [5.74, 6) is 0.942. The lowest BCUT2D eigenvalue weighted by Crippen LogP contribution is -2.31. The first-order valence-corrected chi connectivity index (χ1v) is 5.15. The van der Waals surface area contributed by atoms with Crippen LogP contribution >= 0.6 is 0 Å². The van der Waals surface area contributed by atoms with E-state index in [2.05, 4.69) is 5.32 Å². The van der Waals surface area contributed by atoms with Gasteiger partial charge in [-0.2, -0.15) is 0 Å². The van der Waals surface area contributed by atoms with Gasteiger partial charge in [-0.15, -0.1) is 0 Å². The maximum absolute atomic E-state index is 10.9. The number of Topliss-reactive ketones (excluding diaryl/α,β-unsaturated/α-hetero) is 1. The highest BCUT2D eigenvalue weighted by atomic mass is 16.1. The Hall–Kier alpha value is -0.410. The first-order chi connectivity index (χ1) is 6.22.